The van der Waals surface area contributed by atoms with Crippen LogP contribution in [0.3, 0.4) is 0 Å². The molecule has 0 aliphatic carbocycles. The van der Waals surface area contributed by atoms with Crippen molar-refractivity contribution in [2.75, 3.05) is 14.2 Å². The highest BCUT2D eigenvalue weighted by Gasteiger charge is 2.13. The Hall–Kier alpha value is -2.01. The van der Waals surface area contributed by atoms with Crippen LogP contribution in [0.15, 0.2) is 24.4 Å². The van der Waals surface area contributed by atoms with E-state index in [4.69, 9.17) is 9.47 Å². The highest BCUT2D eigenvalue weighted by atomic mass is 16.5. The van der Waals surface area contributed by atoms with Gasteiger partial charge in [0.15, 0.2) is 11.5 Å². The fourth-order valence-electron chi connectivity index (χ4n) is 2.35. The molecule has 0 spiro atoms. The average Bonchev–Trinajstić information content (AvgIpc) is 2.93. The molecule has 1 aromatic heterocycles. The van der Waals surface area contributed by atoms with Gasteiger partial charge in [0.1, 0.15) is 0 Å². The summed E-state index contributed by atoms with van der Waals surface area (Å²) >= 11 is 0. The maximum Gasteiger partial charge on any atom is 0.161 e. The Kier molecular flexibility index (Phi) is 5.22. The smallest absolute Gasteiger partial charge is 0.161 e. The first-order chi connectivity index (χ1) is 10.2. The number of ether oxygens (including phenoxy) is 2. The SMILES string of the molecule is CCC(NCc1cn[nH]c1C)c1ccc(OC)c(OC)c1. The fourth-order valence-corrected chi connectivity index (χ4v) is 2.35. The molecule has 1 heterocycles. The third kappa shape index (κ3) is 3.55. The zero-order valence-electron chi connectivity index (χ0n) is 13.1. The van der Waals surface area contributed by atoms with Crippen molar-refractivity contribution in [2.45, 2.75) is 32.9 Å². The molecule has 2 aromatic rings. The molecule has 0 bridgehead atoms. The van der Waals surface area contributed by atoms with Gasteiger partial charge < -0.3 is 14.8 Å². The molecular formula is C16H23N3O2. The van der Waals surface area contributed by atoms with Gasteiger partial charge in [-0.25, -0.2) is 0 Å². The maximum atomic E-state index is 5.37. The van der Waals surface area contributed by atoms with E-state index in [1.807, 2.05) is 25.3 Å². The van der Waals surface area contributed by atoms with E-state index in [1.54, 1.807) is 14.2 Å². The first kappa shape index (κ1) is 15.4. The molecule has 2 N–H and O–H groups in total. The maximum absolute atomic E-state index is 5.37. The predicted octanol–water partition coefficient (Wildman–Crippen LogP) is 2.98. The number of nitrogens with one attached hydrogen (secondary N) is 2. The number of aromatic nitrogens is 2. The Morgan fingerprint density at radius 1 is 1.24 bits per heavy atom. The number of H-pyrrole nitrogens is 1. The standard InChI is InChI=1S/C16H23N3O2/c1-5-14(17-9-13-10-18-19-11(13)2)12-6-7-15(20-3)16(8-12)21-4/h6-8,10,14,17H,5,9H2,1-4H3,(H,18,19). The summed E-state index contributed by atoms with van der Waals surface area (Å²) in [4.78, 5) is 0. The van der Waals surface area contributed by atoms with Gasteiger partial charge in [0.2, 0.25) is 0 Å². The van der Waals surface area contributed by atoms with Crippen LogP contribution >= 0.6 is 0 Å². The molecule has 1 atom stereocenters. The Bertz CT molecular complexity index is 581. The third-order valence-electron chi connectivity index (χ3n) is 3.69. The van der Waals surface area contributed by atoms with Crippen LogP contribution in [0.4, 0.5) is 0 Å². The molecule has 0 saturated heterocycles. The number of hydrogen-bond acceptors (Lipinski definition) is 4. The van der Waals surface area contributed by atoms with Crippen LogP contribution in [0, 0.1) is 6.92 Å². The zero-order chi connectivity index (χ0) is 15.2. The van der Waals surface area contributed by atoms with Gasteiger partial charge in [-0.3, -0.25) is 5.10 Å². The summed E-state index contributed by atoms with van der Waals surface area (Å²) in [6.07, 6.45) is 2.86. The van der Waals surface area contributed by atoms with Gasteiger partial charge in [-0.2, -0.15) is 5.10 Å². The van der Waals surface area contributed by atoms with Crippen molar-refractivity contribution in [3.8, 4) is 11.5 Å². The second-order valence-corrected chi connectivity index (χ2v) is 4.98. The summed E-state index contributed by atoms with van der Waals surface area (Å²) in [5.74, 6) is 1.51. The lowest BCUT2D eigenvalue weighted by atomic mass is 10.0. The van der Waals surface area contributed by atoms with Crippen molar-refractivity contribution in [3.63, 3.8) is 0 Å². The summed E-state index contributed by atoms with van der Waals surface area (Å²) < 4.78 is 10.7. The highest BCUT2D eigenvalue weighted by Crippen LogP contribution is 2.30. The lowest BCUT2D eigenvalue weighted by Crippen LogP contribution is -2.20. The van der Waals surface area contributed by atoms with Crippen LogP contribution < -0.4 is 14.8 Å². The topological polar surface area (TPSA) is 59.2 Å². The number of methoxy groups -OCH3 is 2. The van der Waals surface area contributed by atoms with E-state index in [1.165, 1.54) is 11.1 Å². The lowest BCUT2D eigenvalue weighted by Gasteiger charge is -2.19. The number of nitrogens with zero attached hydrogens (tertiary/aromatic N) is 1. The fraction of sp³-hybridized carbons (Fsp3) is 0.438. The number of aromatic amines is 1. The Morgan fingerprint density at radius 3 is 2.57 bits per heavy atom. The summed E-state index contributed by atoms with van der Waals surface area (Å²) in [6.45, 7) is 4.98. The third-order valence-corrected chi connectivity index (χ3v) is 3.69. The Morgan fingerprint density at radius 2 is 2.00 bits per heavy atom. The first-order valence-electron chi connectivity index (χ1n) is 7.13. The molecule has 114 valence electrons. The molecule has 5 heteroatoms. The predicted molar refractivity (Wildman–Crippen MR) is 82.7 cm³/mol. The van der Waals surface area contributed by atoms with E-state index in [9.17, 15) is 0 Å². The van der Waals surface area contributed by atoms with Crippen LogP contribution in [0.5, 0.6) is 11.5 Å². The van der Waals surface area contributed by atoms with E-state index in [0.29, 0.717) is 0 Å². The summed E-state index contributed by atoms with van der Waals surface area (Å²) in [6, 6.07) is 6.31. The summed E-state index contributed by atoms with van der Waals surface area (Å²) in [5.41, 5.74) is 3.48. The Balaban J connectivity index is 2.12. The molecule has 1 aromatic carbocycles. The van der Waals surface area contributed by atoms with Gasteiger partial charge in [0, 0.05) is 23.8 Å². The van der Waals surface area contributed by atoms with Gasteiger partial charge >= 0.3 is 0 Å². The molecule has 0 fully saturated rings. The molecule has 0 amide bonds. The molecule has 1 unspecified atom stereocenters. The minimum atomic E-state index is 0.263. The number of aryl methyl sites for hydroxylation is 1. The Labute approximate surface area is 125 Å². The number of rotatable bonds is 7. The molecular weight excluding hydrogens is 266 g/mol. The second kappa shape index (κ2) is 7.13. The van der Waals surface area contributed by atoms with Crippen LogP contribution in [0.2, 0.25) is 0 Å². The average molecular weight is 289 g/mol. The van der Waals surface area contributed by atoms with Gasteiger partial charge in [-0.15, -0.1) is 0 Å². The van der Waals surface area contributed by atoms with Gasteiger partial charge in [-0.1, -0.05) is 13.0 Å². The van der Waals surface area contributed by atoms with Crippen molar-refractivity contribution in [3.05, 3.63) is 41.2 Å². The molecule has 21 heavy (non-hydrogen) atoms. The zero-order valence-corrected chi connectivity index (χ0v) is 13.1. The minimum absolute atomic E-state index is 0.263. The van der Waals surface area contributed by atoms with Crippen LogP contribution in [0.25, 0.3) is 0 Å². The minimum Gasteiger partial charge on any atom is -0.493 e. The number of benzene rings is 1. The summed E-state index contributed by atoms with van der Waals surface area (Å²) in [7, 11) is 3.31. The second-order valence-electron chi connectivity index (χ2n) is 4.98. The molecule has 0 aliphatic heterocycles. The first-order valence-corrected chi connectivity index (χ1v) is 7.13. The molecule has 2 rings (SSSR count). The van der Waals surface area contributed by atoms with Gasteiger partial charge in [-0.05, 0) is 31.0 Å². The largest absolute Gasteiger partial charge is 0.493 e. The number of hydrogen-bond donors (Lipinski definition) is 2. The van der Waals surface area contributed by atoms with Crippen molar-refractivity contribution >= 4 is 0 Å². The van der Waals surface area contributed by atoms with Crippen molar-refractivity contribution in [2.24, 2.45) is 0 Å². The summed E-state index contributed by atoms with van der Waals surface area (Å²) in [5, 5.41) is 10.6. The lowest BCUT2D eigenvalue weighted by molar-refractivity contribution is 0.353. The van der Waals surface area contributed by atoms with E-state index >= 15 is 0 Å². The van der Waals surface area contributed by atoms with Crippen LogP contribution in [0.1, 0.15) is 36.2 Å². The van der Waals surface area contributed by atoms with E-state index in [-0.39, 0.29) is 6.04 Å². The molecule has 0 aliphatic rings. The van der Waals surface area contributed by atoms with E-state index in [0.717, 1.165) is 30.2 Å². The highest BCUT2D eigenvalue weighted by molar-refractivity contribution is 5.43. The van der Waals surface area contributed by atoms with E-state index < -0.39 is 0 Å². The molecule has 0 saturated carbocycles. The van der Waals surface area contributed by atoms with Crippen molar-refractivity contribution in [1.29, 1.82) is 0 Å². The van der Waals surface area contributed by atoms with Crippen molar-refractivity contribution in [1.82, 2.24) is 15.5 Å². The molecule has 0 radical (unpaired) electrons. The van der Waals surface area contributed by atoms with Crippen molar-refractivity contribution < 1.29 is 9.47 Å². The quantitative estimate of drug-likeness (QED) is 0.822. The molecule has 5 nitrogen and oxygen atoms in total. The van der Waals surface area contributed by atoms with Gasteiger partial charge in [0.25, 0.3) is 0 Å². The van der Waals surface area contributed by atoms with Gasteiger partial charge in [0.05, 0.1) is 20.4 Å². The van der Waals surface area contributed by atoms with Crippen LogP contribution in [-0.4, -0.2) is 24.4 Å². The monoisotopic (exact) mass is 289 g/mol. The van der Waals surface area contributed by atoms with E-state index in [2.05, 4.69) is 28.5 Å². The van der Waals surface area contributed by atoms with Crippen LogP contribution in [-0.2, 0) is 6.54 Å². The normalized spacial score (nSPS) is 12.2.